The van der Waals surface area contributed by atoms with Crippen molar-refractivity contribution in [2.75, 3.05) is 18.5 Å². The molecule has 6 heteroatoms. The Labute approximate surface area is 104 Å². The minimum absolute atomic E-state index is 0.400. The SMILES string of the molecule is Clc1ccc2nc(NC3CCOCC3)nn2c1. The molecule has 0 aliphatic carbocycles. The average Bonchev–Trinajstić information content (AvgIpc) is 2.71. The Morgan fingerprint density at radius 1 is 1.35 bits per heavy atom. The molecule has 1 aliphatic heterocycles. The Balaban J connectivity index is 1.80. The van der Waals surface area contributed by atoms with Crippen LogP contribution in [0.25, 0.3) is 5.65 Å². The number of ether oxygens (including phenoxy) is 1. The Hall–Kier alpha value is -1.33. The van der Waals surface area contributed by atoms with Crippen molar-refractivity contribution in [2.24, 2.45) is 0 Å². The topological polar surface area (TPSA) is 51.5 Å². The van der Waals surface area contributed by atoms with E-state index in [1.54, 1.807) is 10.7 Å². The maximum Gasteiger partial charge on any atom is 0.243 e. The van der Waals surface area contributed by atoms with E-state index < -0.39 is 0 Å². The van der Waals surface area contributed by atoms with Gasteiger partial charge in [-0.25, -0.2) is 4.52 Å². The fourth-order valence-electron chi connectivity index (χ4n) is 1.94. The summed E-state index contributed by atoms with van der Waals surface area (Å²) in [6, 6.07) is 4.06. The lowest BCUT2D eigenvalue weighted by Gasteiger charge is -2.22. The molecule has 0 bridgehead atoms. The third-order valence-corrected chi connectivity index (χ3v) is 3.07. The van der Waals surface area contributed by atoms with Gasteiger partial charge in [-0.3, -0.25) is 0 Å². The summed E-state index contributed by atoms with van der Waals surface area (Å²) >= 11 is 5.89. The highest BCUT2D eigenvalue weighted by atomic mass is 35.5. The monoisotopic (exact) mass is 252 g/mol. The molecule has 1 N–H and O–H groups in total. The largest absolute Gasteiger partial charge is 0.381 e. The standard InChI is InChI=1S/C11H13ClN4O/c12-8-1-2-10-14-11(15-16(10)7-8)13-9-3-5-17-6-4-9/h1-2,7,9H,3-6H2,(H,13,15). The molecule has 0 aromatic carbocycles. The zero-order chi connectivity index (χ0) is 11.7. The second-order valence-electron chi connectivity index (χ2n) is 4.12. The highest BCUT2D eigenvalue weighted by Gasteiger charge is 2.15. The van der Waals surface area contributed by atoms with Gasteiger partial charge >= 0.3 is 0 Å². The first-order valence-corrected chi connectivity index (χ1v) is 6.05. The number of rotatable bonds is 2. The molecule has 0 unspecified atom stereocenters. The number of pyridine rings is 1. The number of aromatic nitrogens is 3. The van der Waals surface area contributed by atoms with Crippen molar-refractivity contribution in [2.45, 2.75) is 18.9 Å². The Morgan fingerprint density at radius 2 is 2.18 bits per heavy atom. The van der Waals surface area contributed by atoms with E-state index in [2.05, 4.69) is 15.4 Å². The van der Waals surface area contributed by atoms with E-state index in [0.717, 1.165) is 31.7 Å². The first kappa shape index (κ1) is 10.8. The second kappa shape index (κ2) is 4.50. The second-order valence-corrected chi connectivity index (χ2v) is 4.55. The fraction of sp³-hybridized carbons (Fsp3) is 0.455. The van der Waals surface area contributed by atoms with Crippen LogP contribution < -0.4 is 5.32 Å². The fourth-order valence-corrected chi connectivity index (χ4v) is 2.10. The molecule has 5 nitrogen and oxygen atoms in total. The molecule has 3 rings (SSSR count). The van der Waals surface area contributed by atoms with Crippen molar-refractivity contribution in [1.82, 2.24) is 14.6 Å². The molecule has 2 aromatic rings. The molecule has 0 amide bonds. The first-order valence-electron chi connectivity index (χ1n) is 5.67. The predicted molar refractivity (Wildman–Crippen MR) is 65.5 cm³/mol. The number of halogens is 1. The van der Waals surface area contributed by atoms with Crippen LogP contribution in [0.15, 0.2) is 18.3 Å². The van der Waals surface area contributed by atoms with Crippen LogP contribution in [-0.2, 0) is 4.74 Å². The van der Waals surface area contributed by atoms with E-state index >= 15 is 0 Å². The van der Waals surface area contributed by atoms with Crippen LogP contribution in [0.3, 0.4) is 0 Å². The maximum atomic E-state index is 5.89. The van der Waals surface area contributed by atoms with Gasteiger partial charge in [0.15, 0.2) is 5.65 Å². The molecule has 90 valence electrons. The van der Waals surface area contributed by atoms with Gasteiger partial charge in [0, 0.05) is 25.5 Å². The summed E-state index contributed by atoms with van der Waals surface area (Å²) in [5.41, 5.74) is 0.795. The van der Waals surface area contributed by atoms with E-state index in [1.165, 1.54) is 0 Å². The zero-order valence-corrected chi connectivity index (χ0v) is 10.0. The number of nitrogens with one attached hydrogen (secondary N) is 1. The minimum Gasteiger partial charge on any atom is -0.381 e. The van der Waals surface area contributed by atoms with Gasteiger partial charge in [0.2, 0.25) is 5.95 Å². The number of nitrogens with zero attached hydrogens (tertiary/aromatic N) is 3. The molecule has 0 spiro atoms. The smallest absolute Gasteiger partial charge is 0.243 e. The minimum atomic E-state index is 0.400. The van der Waals surface area contributed by atoms with Gasteiger partial charge in [-0.05, 0) is 25.0 Å². The van der Waals surface area contributed by atoms with Crippen LogP contribution in [-0.4, -0.2) is 33.9 Å². The molecule has 0 atom stereocenters. The Bertz CT molecular complexity index is 521. The zero-order valence-electron chi connectivity index (χ0n) is 9.27. The number of hydrogen-bond acceptors (Lipinski definition) is 4. The van der Waals surface area contributed by atoms with Crippen LogP contribution in [0, 0.1) is 0 Å². The third kappa shape index (κ3) is 2.35. The third-order valence-electron chi connectivity index (χ3n) is 2.85. The van der Waals surface area contributed by atoms with E-state index in [1.807, 2.05) is 12.1 Å². The van der Waals surface area contributed by atoms with Crippen molar-refractivity contribution >= 4 is 23.2 Å². The maximum absolute atomic E-state index is 5.89. The number of fused-ring (bicyclic) bond motifs is 1. The summed E-state index contributed by atoms with van der Waals surface area (Å²) in [5, 5.41) is 8.31. The summed E-state index contributed by atoms with van der Waals surface area (Å²) in [6.45, 7) is 1.60. The van der Waals surface area contributed by atoms with Crippen molar-refractivity contribution in [3.8, 4) is 0 Å². The summed E-state index contributed by atoms with van der Waals surface area (Å²) in [7, 11) is 0. The molecular weight excluding hydrogens is 240 g/mol. The summed E-state index contributed by atoms with van der Waals surface area (Å²) in [4.78, 5) is 4.39. The van der Waals surface area contributed by atoms with E-state index in [4.69, 9.17) is 16.3 Å². The van der Waals surface area contributed by atoms with Crippen LogP contribution in [0.2, 0.25) is 5.02 Å². The molecular formula is C11H13ClN4O. The molecule has 1 saturated heterocycles. The predicted octanol–water partition coefficient (Wildman–Crippen LogP) is 1.97. The van der Waals surface area contributed by atoms with Gasteiger partial charge in [0.25, 0.3) is 0 Å². The molecule has 0 saturated carbocycles. The Kier molecular flexibility index (Phi) is 2.86. The molecule has 1 aliphatic rings. The number of anilines is 1. The van der Waals surface area contributed by atoms with Gasteiger partial charge in [-0.15, -0.1) is 5.10 Å². The highest BCUT2D eigenvalue weighted by Crippen LogP contribution is 2.14. The van der Waals surface area contributed by atoms with Crippen LogP contribution in [0.5, 0.6) is 0 Å². The lowest BCUT2D eigenvalue weighted by Crippen LogP contribution is -2.28. The van der Waals surface area contributed by atoms with E-state index in [0.29, 0.717) is 17.0 Å². The van der Waals surface area contributed by atoms with Crippen LogP contribution in [0.1, 0.15) is 12.8 Å². The molecule has 17 heavy (non-hydrogen) atoms. The average molecular weight is 253 g/mol. The summed E-state index contributed by atoms with van der Waals surface area (Å²) in [5.74, 6) is 0.652. The lowest BCUT2D eigenvalue weighted by molar-refractivity contribution is 0.0903. The molecule has 2 aromatic heterocycles. The molecule has 3 heterocycles. The van der Waals surface area contributed by atoms with Crippen molar-refractivity contribution < 1.29 is 4.74 Å². The first-order chi connectivity index (χ1) is 8.31. The summed E-state index contributed by atoms with van der Waals surface area (Å²) < 4.78 is 6.99. The van der Waals surface area contributed by atoms with E-state index in [9.17, 15) is 0 Å². The normalized spacial score (nSPS) is 17.5. The Morgan fingerprint density at radius 3 is 3.00 bits per heavy atom. The lowest BCUT2D eigenvalue weighted by atomic mass is 10.1. The van der Waals surface area contributed by atoms with Crippen molar-refractivity contribution in [3.63, 3.8) is 0 Å². The van der Waals surface area contributed by atoms with Crippen LogP contribution in [0.4, 0.5) is 5.95 Å². The van der Waals surface area contributed by atoms with Crippen molar-refractivity contribution in [3.05, 3.63) is 23.4 Å². The van der Waals surface area contributed by atoms with Crippen molar-refractivity contribution in [1.29, 1.82) is 0 Å². The molecule has 0 radical (unpaired) electrons. The van der Waals surface area contributed by atoms with Gasteiger partial charge in [0.1, 0.15) is 0 Å². The van der Waals surface area contributed by atoms with Gasteiger partial charge in [-0.2, -0.15) is 4.98 Å². The number of hydrogen-bond donors (Lipinski definition) is 1. The highest BCUT2D eigenvalue weighted by molar-refractivity contribution is 6.30. The van der Waals surface area contributed by atoms with Gasteiger partial charge < -0.3 is 10.1 Å². The summed E-state index contributed by atoms with van der Waals surface area (Å²) in [6.07, 6.45) is 3.74. The van der Waals surface area contributed by atoms with Gasteiger partial charge in [-0.1, -0.05) is 11.6 Å². The molecule has 1 fully saturated rings. The van der Waals surface area contributed by atoms with Crippen LogP contribution >= 0.6 is 11.6 Å². The quantitative estimate of drug-likeness (QED) is 0.888. The van der Waals surface area contributed by atoms with Gasteiger partial charge in [0.05, 0.1) is 5.02 Å². The van der Waals surface area contributed by atoms with E-state index in [-0.39, 0.29) is 0 Å².